The largest absolute Gasteiger partial charge is 0.491 e. The van der Waals surface area contributed by atoms with Crippen molar-refractivity contribution in [2.75, 3.05) is 13.2 Å². The Morgan fingerprint density at radius 1 is 1.44 bits per heavy atom. The van der Waals surface area contributed by atoms with Gasteiger partial charge >= 0.3 is 0 Å². The molecule has 98 valence electrons. The van der Waals surface area contributed by atoms with Crippen molar-refractivity contribution in [3.63, 3.8) is 0 Å². The van der Waals surface area contributed by atoms with Crippen LogP contribution in [0.5, 0.6) is 5.75 Å². The van der Waals surface area contributed by atoms with Crippen LogP contribution in [0.15, 0.2) is 18.2 Å². The average Bonchev–Trinajstić information content (AvgIpc) is 2.35. The second-order valence-electron chi connectivity index (χ2n) is 4.62. The summed E-state index contributed by atoms with van der Waals surface area (Å²) in [5, 5.41) is 21.7. The Balaban J connectivity index is 2.50. The number of ether oxygens (including phenoxy) is 1. The molecule has 0 aromatic heterocycles. The lowest BCUT2D eigenvalue weighted by molar-refractivity contribution is 0.104. The number of hydrogen-bond acceptors (Lipinski definition) is 4. The number of nitrogens with zero attached hydrogens (tertiary/aromatic N) is 1. The Morgan fingerprint density at radius 2 is 2.17 bits per heavy atom. The predicted octanol–water partition coefficient (Wildman–Crippen LogP) is 1.60. The van der Waals surface area contributed by atoms with Gasteiger partial charge in [0.25, 0.3) is 0 Å². The standard InChI is InChI=1S/C14H20N2O2/c1-10(2)16-8-13(17)9-18-14-6-12(7-15)5-4-11(14)3/h4-6,10,13,16-17H,8-9H2,1-3H3. The molecule has 0 radical (unpaired) electrons. The van der Waals surface area contributed by atoms with Gasteiger partial charge in [-0.05, 0) is 24.6 Å². The maximum absolute atomic E-state index is 9.72. The Kier molecular flexibility index (Phi) is 5.63. The minimum absolute atomic E-state index is 0.218. The van der Waals surface area contributed by atoms with E-state index in [9.17, 15) is 5.11 Å². The van der Waals surface area contributed by atoms with E-state index in [1.54, 1.807) is 12.1 Å². The van der Waals surface area contributed by atoms with Crippen molar-refractivity contribution >= 4 is 0 Å². The fourth-order valence-electron chi connectivity index (χ4n) is 1.44. The van der Waals surface area contributed by atoms with Gasteiger partial charge in [0.2, 0.25) is 0 Å². The van der Waals surface area contributed by atoms with E-state index in [1.807, 2.05) is 26.8 Å². The van der Waals surface area contributed by atoms with Gasteiger partial charge in [0, 0.05) is 12.6 Å². The molecule has 1 atom stereocenters. The van der Waals surface area contributed by atoms with Gasteiger partial charge in [-0.3, -0.25) is 0 Å². The number of aryl methyl sites for hydroxylation is 1. The van der Waals surface area contributed by atoms with Crippen molar-refractivity contribution in [2.45, 2.75) is 32.9 Å². The van der Waals surface area contributed by atoms with Crippen LogP contribution < -0.4 is 10.1 Å². The molecule has 1 unspecified atom stereocenters. The number of benzene rings is 1. The van der Waals surface area contributed by atoms with Crippen molar-refractivity contribution in [1.82, 2.24) is 5.32 Å². The summed E-state index contributed by atoms with van der Waals surface area (Å²) < 4.78 is 5.53. The summed E-state index contributed by atoms with van der Waals surface area (Å²) in [6.07, 6.45) is -0.558. The van der Waals surface area contributed by atoms with Crippen LogP contribution in [0.1, 0.15) is 25.0 Å². The molecule has 1 aromatic rings. The summed E-state index contributed by atoms with van der Waals surface area (Å²) in [5.74, 6) is 0.651. The highest BCUT2D eigenvalue weighted by Gasteiger charge is 2.07. The van der Waals surface area contributed by atoms with Crippen LogP contribution >= 0.6 is 0 Å². The van der Waals surface area contributed by atoms with E-state index >= 15 is 0 Å². The van der Waals surface area contributed by atoms with Crippen LogP contribution in [0.4, 0.5) is 0 Å². The third kappa shape index (κ3) is 4.74. The zero-order valence-electron chi connectivity index (χ0n) is 11.1. The van der Waals surface area contributed by atoms with Gasteiger partial charge in [-0.1, -0.05) is 19.9 Å². The van der Waals surface area contributed by atoms with Crippen LogP contribution in [0.3, 0.4) is 0 Å². The summed E-state index contributed by atoms with van der Waals surface area (Å²) in [6, 6.07) is 7.69. The first-order valence-electron chi connectivity index (χ1n) is 6.08. The molecule has 18 heavy (non-hydrogen) atoms. The van der Waals surface area contributed by atoms with E-state index < -0.39 is 6.10 Å². The van der Waals surface area contributed by atoms with Crippen molar-refractivity contribution in [1.29, 1.82) is 5.26 Å². The summed E-state index contributed by atoms with van der Waals surface area (Å²) in [5.41, 5.74) is 1.52. The fourth-order valence-corrected chi connectivity index (χ4v) is 1.44. The molecule has 1 aromatic carbocycles. The molecule has 0 fully saturated rings. The lowest BCUT2D eigenvalue weighted by Crippen LogP contribution is -2.35. The summed E-state index contributed by atoms with van der Waals surface area (Å²) >= 11 is 0. The highest BCUT2D eigenvalue weighted by atomic mass is 16.5. The van der Waals surface area contributed by atoms with E-state index in [-0.39, 0.29) is 6.61 Å². The molecule has 0 saturated carbocycles. The third-order valence-electron chi connectivity index (χ3n) is 2.51. The number of rotatable bonds is 6. The van der Waals surface area contributed by atoms with Gasteiger partial charge in [-0.25, -0.2) is 0 Å². The minimum atomic E-state index is -0.558. The molecule has 0 heterocycles. The predicted molar refractivity (Wildman–Crippen MR) is 70.5 cm³/mol. The normalized spacial score (nSPS) is 12.2. The first-order valence-corrected chi connectivity index (χ1v) is 6.08. The number of hydrogen-bond donors (Lipinski definition) is 2. The number of nitriles is 1. The van der Waals surface area contributed by atoms with Crippen molar-refractivity contribution in [2.24, 2.45) is 0 Å². The van der Waals surface area contributed by atoms with Crippen molar-refractivity contribution in [3.05, 3.63) is 29.3 Å². The average molecular weight is 248 g/mol. The maximum atomic E-state index is 9.72. The molecule has 0 aliphatic heterocycles. The second kappa shape index (κ2) is 7.00. The van der Waals surface area contributed by atoms with Crippen LogP contribution in [-0.4, -0.2) is 30.4 Å². The van der Waals surface area contributed by atoms with Gasteiger partial charge in [0.15, 0.2) is 0 Å². The van der Waals surface area contributed by atoms with Gasteiger partial charge < -0.3 is 15.2 Å². The van der Waals surface area contributed by atoms with Gasteiger partial charge in [0.1, 0.15) is 18.5 Å². The monoisotopic (exact) mass is 248 g/mol. The molecular formula is C14H20N2O2. The molecule has 4 nitrogen and oxygen atoms in total. The molecule has 0 amide bonds. The first-order chi connectivity index (χ1) is 8.52. The third-order valence-corrected chi connectivity index (χ3v) is 2.51. The van der Waals surface area contributed by atoms with E-state index in [2.05, 4.69) is 11.4 Å². The van der Waals surface area contributed by atoms with E-state index in [4.69, 9.17) is 10.00 Å². The second-order valence-corrected chi connectivity index (χ2v) is 4.62. The maximum Gasteiger partial charge on any atom is 0.123 e. The first kappa shape index (κ1) is 14.5. The molecule has 0 aliphatic carbocycles. The molecule has 0 spiro atoms. The van der Waals surface area contributed by atoms with E-state index in [0.29, 0.717) is 23.9 Å². The number of aliphatic hydroxyl groups excluding tert-OH is 1. The van der Waals surface area contributed by atoms with Crippen LogP contribution in [0, 0.1) is 18.3 Å². The minimum Gasteiger partial charge on any atom is -0.491 e. The molecule has 2 N–H and O–H groups in total. The summed E-state index contributed by atoms with van der Waals surface area (Å²) in [4.78, 5) is 0. The molecule has 0 aliphatic rings. The van der Waals surface area contributed by atoms with Gasteiger partial charge in [-0.15, -0.1) is 0 Å². The summed E-state index contributed by atoms with van der Waals surface area (Å²) in [6.45, 7) is 6.67. The topological polar surface area (TPSA) is 65.3 Å². The summed E-state index contributed by atoms with van der Waals surface area (Å²) in [7, 11) is 0. The van der Waals surface area contributed by atoms with Crippen LogP contribution in [-0.2, 0) is 0 Å². The van der Waals surface area contributed by atoms with Crippen molar-refractivity contribution < 1.29 is 9.84 Å². The molecule has 1 rings (SSSR count). The van der Waals surface area contributed by atoms with Crippen LogP contribution in [0.25, 0.3) is 0 Å². The van der Waals surface area contributed by atoms with Gasteiger partial charge in [-0.2, -0.15) is 5.26 Å². The van der Waals surface area contributed by atoms with E-state index in [1.165, 1.54) is 0 Å². The lowest BCUT2D eigenvalue weighted by Gasteiger charge is -2.16. The van der Waals surface area contributed by atoms with Crippen molar-refractivity contribution in [3.8, 4) is 11.8 Å². The Hall–Kier alpha value is -1.57. The zero-order chi connectivity index (χ0) is 13.5. The SMILES string of the molecule is Cc1ccc(C#N)cc1OCC(O)CNC(C)C. The van der Waals surface area contributed by atoms with Crippen LogP contribution in [0.2, 0.25) is 0 Å². The highest BCUT2D eigenvalue weighted by Crippen LogP contribution is 2.19. The highest BCUT2D eigenvalue weighted by molar-refractivity contribution is 5.41. The fraction of sp³-hybridized carbons (Fsp3) is 0.500. The molecule has 0 bridgehead atoms. The molecule has 0 saturated heterocycles. The zero-order valence-corrected chi connectivity index (χ0v) is 11.1. The number of aliphatic hydroxyl groups is 1. The van der Waals surface area contributed by atoms with E-state index in [0.717, 1.165) is 5.56 Å². The molecular weight excluding hydrogens is 228 g/mol. The Labute approximate surface area is 108 Å². The number of nitrogens with one attached hydrogen (secondary N) is 1. The lowest BCUT2D eigenvalue weighted by atomic mass is 10.1. The smallest absolute Gasteiger partial charge is 0.123 e. The Morgan fingerprint density at radius 3 is 2.78 bits per heavy atom. The Bertz CT molecular complexity index is 424. The van der Waals surface area contributed by atoms with Gasteiger partial charge in [0.05, 0.1) is 11.6 Å². The quantitative estimate of drug-likeness (QED) is 0.802. The molecule has 4 heteroatoms.